The first-order chi connectivity index (χ1) is 13.7. The molecule has 0 radical (unpaired) electrons. The number of benzene rings is 1. The zero-order chi connectivity index (χ0) is 19.5. The first-order valence-corrected chi connectivity index (χ1v) is 9.58. The van der Waals surface area contributed by atoms with Crippen LogP contribution >= 0.6 is 0 Å². The number of para-hydroxylation sites is 2. The number of piperazine rings is 1. The lowest BCUT2D eigenvalue weighted by Gasteiger charge is -2.37. The molecular formula is C21H24N4O3. The summed E-state index contributed by atoms with van der Waals surface area (Å²) in [4.78, 5) is 35.6. The fourth-order valence-electron chi connectivity index (χ4n) is 3.98. The van der Waals surface area contributed by atoms with Gasteiger partial charge in [0.2, 0.25) is 5.91 Å². The zero-order valence-corrected chi connectivity index (χ0v) is 16.0. The largest absolute Gasteiger partial charge is 0.495 e. The van der Waals surface area contributed by atoms with Crippen molar-refractivity contribution in [1.82, 2.24) is 14.8 Å². The predicted molar refractivity (Wildman–Crippen MR) is 105 cm³/mol. The third-order valence-corrected chi connectivity index (χ3v) is 5.48. The van der Waals surface area contributed by atoms with Gasteiger partial charge >= 0.3 is 0 Å². The number of nitrogens with zero attached hydrogens (tertiary/aromatic N) is 4. The van der Waals surface area contributed by atoms with Crippen LogP contribution in [0.2, 0.25) is 0 Å². The molecule has 1 aromatic heterocycles. The van der Waals surface area contributed by atoms with Crippen LogP contribution in [0.1, 0.15) is 16.9 Å². The Labute approximate surface area is 164 Å². The van der Waals surface area contributed by atoms with Crippen LogP contribution in [0.4, 0.5) is 5.69 Å². The maximum atomic E-state index is 13.0. The molecule has 2 aromatic rings. The van der Waals surface area contributed by atoms with Gasteiger partial charge in [-0.3, -0.25) is 19.5 Å². The molecule has 0 N–H and O–H groups in total. The third kappa shape index (κ3) is 3.45. The molecule has 2 aliphatic rings. The first kappa shape index (κ1) is 18.4. The minimum absolute atomic E-state index is 0.0475. The van der Waals surface area contributed by atoms with Crippen LogP contribution in [0.5, 0.6) is 5.75 Å². The summed E-state index contributed by atoms with van der Waals surface area (Å²) in [5, 5.41) is 0. The highest BCUT2D eigenvalue weighted by Crippen LogP contribution is 2.32. The summed E-state index contributed by atoms with van der Waals surface area (Å²) >= 11 is 0. The molecule has 0 aliphatic carbocycles. The van der Waals surface area contributed by atoms with Gasteiger partial charge < -0.3 is 14.5 Å². The summed E-state index contributed by atoms with van der Waals surface area (Å²) in [6, 6.07) is 12.8. The number of carbonyl (C=O) groups excluding carboxylic acids is 2. The fraction of sp³-hybridized carbons (Fsp3) is 0.381. The number of hydrogen-bond acceptors (Lipinski definition) is 5. The second kappa shape index (κ2) is 7.98. The monoisotopic (exact) mass is 380 g/mol. The summed E-state index contributed by atoms with van der Waals surface area (Å²) < 4.78 is 5.41. The molecule has 0 saturated carbocycles. The van der Waals surface area contributed by atoms with Gasteiger partial charge in [-0.1, -0.05) is 18.2 Å². The van der Waals surface area contributed by atoms with Gasteiger partial charge in [0.25, 0.3) is 5.91 Å². The lowest BCUT2D eigenvalue weighted by Crippen LogP contribution is -2.54. The molecule has 1 atom stereocenters. The summed E-state index contributed by atoms with van der Waals surface area (Å²) in [5.74, 6) is 0.768. The van der Waals surface area contributed by atoms with E-state index in [0.29, 0.717) is 44.2 Å². The molecule has 0 bridgehead atoms. The topological polar surface area (TPSA) is 66.0 Å². The lowest BCUT2D eigenvalue weighted by atomic mass is 10.1. The zero-order valence-electron chi connectivity index (χ0n) is 16.0. The minimum atomic E-state index is -0.142. The summed E-state index contributed by atoms with van der Waals surface area (Å²) in [5.41, 5.74) is 1.29. The van der Waals surface area contributed by atoms with Crippen molar-refractivity contribution >= 4 is 17.5 Å². The Bertz CT molecular complexity index is 850. The van der Waals surface area contributed by atoms with E-state index in [9.17, 15) is 9.59 Å². The molecule has 2 amide bonds. The van der Waals surface area contributed by atoms with E-state index in [2.05, 4.69) is 9.88 Å². The Balaban J connectivity index is 1.39. The second-order valence-corrected chi connectivity index (χ2v) is 7.01. The number of rotatable bonds is 4. The van der Waals surface area contributed by atoms with Gasteiger partial charge in [-0.2, -0.15) is 0 Å². The third-order valence-electron chi connectivity index (χ3n) is 5.48. The fourth-order valence-corrected chi connectivity index (χ4v) is 3.98. The van der Waals surface area contributed by atoms with Gasteiger partial charge in [-0.05, 0) is 30.7 Å². The van der Waals surface area contributed by atoms with Crippen molar-refractivity contribution in [2.75, 3.05) is 44.7 Å². The number of anilines is 1. The van der Waals surface area contributed by atoms with E-state index >= 15 is 0 Å². The number of pyridine rings is 1. The Hall–Kier alpha value is -2.93. The normalized spacial score (nSPS) is 20.5. The van der Waals surface area contributed by atoms with Crippen molar-refractivity contribution in [3.63, 3.8) is 0 Å². The smallest absolute Gasteiger partial charge is 0.272 e. The van der Waals surface area contributed by atoms with Crippen molar-refractivity contribution in [2.24, 2.45) is 0 Å². The molecule has 2 fully saturated rings. The Morgan fingerprint density at radius 2 is 1.79 bits per heavy atom. The maximum absolute atomic E-state index is 13.0. The number of aromatic nitrogens is 1. The molecule has 7 heteroatoms. The van der Waals surface area contributed by atoms with Gasteiger partial charge in [0.05, 0.1) is 18.8 Å². The average Bonchev–Trinajstić information content (AvgIpc) is 3.15. The Morgan fingerprint density at radius 1 is 1.04 bits per heavy atom. The number of methoxy groups -OCH3 is 1. The van der Waals surface area contributed by atoms with E-state index in [1.807, 2.05) is 40.1 Å². The first-order valence-electron chi connectivity index (χ1n) is 9.58. The molecule has 146 valence electrons. The van der Waals surface area contributed by atoms with Crippen molar-refractivity contribution < 1.29 is 14.3 Å². The van der Waals surface area contributed by atoms with E-state index in [1.165, 1.54) is 0 Å². The van der Waals surface area contributed by atoms with Gasteiger partial charge in [0.15, 0.2) is 0 Å². The molecule has 28 heavy (non-hydrogen) atoms. The molecule has 1 unspecified atom stereocenters. The van der Waals surface area contributed by atoms with E-state index in [-0.39, 0.29) is 17.9 Å². The second-order valence-electron chi connectivity index (χ2n) is 7.01. The Morgan fingerprint density at radius 3 is 2.50 bits per heavy atom. The average molecular weight is 380 g/mol. The molecule has 1 aromatic carbocycles. The number of carbonyl (C=O) groups is 2. The van der Waals surface area contributed by atoms with Crippen molar-refractivity contribution in [3.05, 3.63) is 54.4 Å². The van der Waals surface area contributed by atoms with E-state index in [1.54, 1.807) is 25.4 Å². The number of hydrogen-bond donors (Lipinski definition) is 0. The summed E-state index contributed by atoms with van der Waals surface area (Å²) in [6.45, 7) is 3.27. The molecule has 3 heterocycles. The Kier molecular flexibility index (Phi) is 5.25. The highest BCUT2D eigenvalue weighted by atomic mass is 16.5. The number of amides is 2. The predicted octanol–water partition coefficient (Wildman–Crippen LogP) is 1.65. The van der Waals surface area contributed by atoms with Crippen LogP contribution in [0.15, 0.2) is 48.7 Å². The van der Waals surface area contributed by atoms with Crippen LogP contribution in [-0.4, -0.2) is 72.5 Å². The van der Waals surface area contributed by atoms with E-state index < -0.39 is 0 Å². The molecule has 4 rings (SSSR count). The molecule has 7 nitrogen and oxygen atoms in total. The molecule has 2 aliphatic heterocycles. The maximum Gasteiger partial charge on any atom is 0.272 e. The SMILES string of the molecule is COc1ccccc1N1CCC(N2CCN(C(=O)c3ccccn3)CC2)C1=O. The van der Waals surface area contributed by atoms with Crippen LogP contribution in [0.25, 0.3) is 0 Å². The minimum Gasteiger partial charge on any atom is -0.495 e. The van der Waals surface area contributed by atoms with Gasteiger partial charge in [-0.15, -0.1) is 0 Å². The van der Waals surface area contributed by atoms with Crippen LogP contribution in [-0.2, 0) is 4.79 Å². The van der Waals surface area contributed by atoms with Crippen molar-refractivity contribution in [3.8, 4) is 5.75 Å². The summed E-state index contributed by atoms with van der Waals surface area (Å²) in [7, 11) is 1.62. The van der Waals surface area contributed by atoms with E-state index in [4.69, 9.17) is 4.74 Å². The lowest BCUT2D eigenvalue weighted by molar-refractivity contribution is -0.122. The molecule has 2 saturated heterocycles. The van der Waals surface area contributed by atoms with E-state index in [0.717, 1.165) is 12.1 Å². The standard InChI is InChI=1S/C21H24N4O3/c1-28-19-8-3-2-7-17(19)25-11-9-18(21(25)27)23-12-14-24(15-13-23)20(26)16-6-4-5-10-22-16/h2-8,10,18H,9,11-15H2,1H3. The molecular weight excluding hydrogens is 356 g/mol. The van der Waals surface area contributed by atoms with Gasteiger partial charge in [-0.25, -0.2) is 0 Å². The van der Waals surface area contributed by atoms with Crippen molar-refractivity contribution in [2.45, 2.75) is 12.5 Å². The van der Waals surface area contributed by atoms with Crippen LogP contribution < -0.4 is 9.64 Å². The van der Waals surface area contributed by atoms with Gasteiger partial charge in [0, 0.05) is 38.9 Å². The molecule has 0 spiro atoms. The highest BCUT2D eigenvalue weighted by molar-refractivity contribution is 6.00. The van der Waals surface area contributed by atoms with Crippen LogP contribution in [0, 0.1) is 0 Å². The summed E-state index contributed by atoms with van der Waals surface area (Å²) in [6.07, 6.45) is 2.41. The highest BCUT2D eigenvalue weighted by Gasteiger charge is 2.39. The van der Waals surface area contributed by atoms with Gasteiger partial charge in [0.1, 0.15) is 11.4 Å². The van der Waals surface area contributed by atoms with Crippen LogP contribution in [0.3, 0.4) is 0 Å². The van der Waals surface area contributed by atoms with Crippen molar-refractivity contribution in [1.29, 1.82) is 0 Å². The number of ether oxygens (including phenoxy) is 1. The quantitative estimate of drug-likeness (QED) is 0.807.